The molecule has 0 radical (unpaired) electrons. The molecule has 0 aliphatic rings. The molecule has 7 nitrogen and oxygen atoms in total. The number of ether oxygens (including phenoxy) is 1. The van der Waals surface area contributed by atoms with E-state index in [1.165, 1.54) is 6.07 Å². The second kappa shape index (κ2) is 8.49. The van der Waals surface area contributed by atoms with Crippen molar-refractivity contribution in [2.75, 3.05) is 0 Å². The molecule has 0 aliphatic heterocycles. The maximum absolute atomic E-state index is 12.8. The standard InChI is InChI=1S/C21H20ClN3O4S/c1-13-18(30-17-8-6-5-7-16(17)25(27)28)19(24(23-13)21(2,3)4)29-20(26)14-9-11-15(22)12-10-14/h5-12H,1-4H3. The highest BCUT2D eigenvalue weighted by atomic mass is 35.5. The monoisotopic (exact) mass is 445 g/mol. The maximum atomic E-state index is 12.8. The molecular weight excluding hydrogens is 426 g/mol. The van der Waals surface area contributed by atoms with Gasteiger partial charge >= 0.3 is 5.97 Å². The van der Waals surface area contributed by atoms with Crippen LogP contribution in [-0.2, 0) is 5.54 Å². The lowest BCUT2D eigenvalue weighted by Crippen LogP contribution is -2.25. The van der Waals surface area contributed by atoms with E-state index < -0.39 is 16.4 Å². The van der Waals surface area contributed by atoms with E-state index in [4.69, 9.17) is 16.3 Å². The molecule has 0 amide bonds. The van der Waals surface area contributed by atoms with E-state index >= 15 is 0 Å². The lowest BCUT2D eigenvalue weighted by Gasteiger charge is -2.22. The van der Waals surface area contributed by atoms with Crippen LogP contribution in [0.4, 0.5) is 5.69 Å². The fraction of sp³-hybridized carbons (Fsp3) is 0.238. The minimum Gasteiger partial charge on any atom is -0.403 e. The van der Waals surface area contributed by atoms with Crippen LogP contribution in [0.25, 0.3) is 0 Å². The van der Waals surface area contributed by atoms with E-state index in [1.807, 2.05) is 20.8 Å². The highest BCUT2D eigenvalue weighted by Gasteiger charge is 2.29. The number of aromatic nitrogens is 2. The lowest BCUT2D eigenvalue weighted by molar-refractivity contribution is -0.387. The third-order valence-corrected chi connectivity index (χ3v) is 5.64. The van der Waals surface area contributed by atoms with Crippen LogP contribution < -0.4 is 4.74 Å². The van der Waals surface area contributed by atoms with E-state index in [0.717, 1.165) is 11.8 Å². The quantitative estimate of drug-likeness (QED) is 0.277. The summed E-state index contributed by atoms with van der Waals surface area (Å²) in [5.74, 6) is -0.329. The van der Waals surface area contributed by atoms with Gasteiger partial charge in [-0.2, -0.15) is 5.10 Å². The summed E-state index contributed by atoms with van der Waals surface area (Å²) in [6, 6.07) is 12.8. The number of carbonyl (C=O) groups is 1. The van der Waals surface area contributed by atoms with Crippen LogP contribution in [0.5, 0.6) is 5.88 Å². The van der Waals surface area contributed by atoms with Crippen molar-refractivity contribution in [3.8, 4) is 5.88 Å². The van der Waals surface area contributed by atoms with Crippen LogP contribution >= 0.6 is 23.4 Å². The first-order chi connectivity index (χ1) is 14.1. The van der Waals surface area contributed by atoms with Gasteiger partial charge in [0.15, 0.2) is 0 Å². The molecule has 3 rings (SSSR count). The first-order valence-electron chi connectivity index (χ1n) is 9.07. The number of benzene rings is 2. The molecule has 0 fully saturated rings. The molecule has 30 heavy (non-hydrogen) atoms. The van der Waals surface area contributed by atoms with Crippen LogP contribution in [0.3, 0.4) is 0 Å². The molecule has 0 aliphatic carbocycles. The van der Waals surface area contributed by atoms with E-state index in [-0.39, 0.29) is 11.6 Å². The lowest BCUT2D eigenvalue weighted by atomic mass is 10.1. The number of aryl methyl sites for hydroxylation is 1. The minimum absolute atomic E-state index is 0.0274. The van der Waals surface area contributed by atoms with Crippen LogP contribution in [0.2, 0.25) is 5.02 Å². The Kier molecular flexibility index (Phi) is 6.19. The van der Waals surface area contributed by atoms with Crippen molar-refractivity contribution >= 4 is 35.0 Å². The molecule has 1 aromatic heterocycles. The summed E-state index contributed by atoms with van der Waals surface area (Å²) in [5.41, 5.74) is 0.426. The van der Waals surface area contributed by atoms with Gasteiger partial charge in [0.2, 0.25) is 5.88 Å². The molecule has 9 heteroatoms. The summed E-state index contributed by atoms with van der Waals surface area (Å²) in [6.07, 6.45) is 0. The van der Waals surface area contributed by atoms with Gasteiger partial charge in [-0.3, -0.25) is 10.1 Å². The second-order valence-electron chi connectivity index (χ2n) is 7.53. The van der Waals surface area contributed by atoms with Gasteiger partial charge in [0, 0.05) is 11.1 Å². The molecule has 0 bridgehead atoms. The van der Waals surface area contributed by atoms with Gasteiger partial charge in [-0.15, -0.1) is 0 Å². The summed E-state index contributed by atoms with van der Waals surface area (Å²) in [4.78, 5) is 24.7. The number of para-hydroxylation sites is 1. The topological polar surface area (TPSA) is 87.3 Å². The van der Waals surface area contributed by atoms with Crippen molar-refractivity contribution in [2.24, 2.45) is 0 Å². The normalized spacial score (nSPS) is 11.4. The Hall–Kier alpha value is -2.84. The van der Waals surface area contributed by atoms with Gasteiger partial charge in [0.05, 0.1) is 31.5 Å². The Bertz CT molecular complexity index is 1100. The number of halogens is 1. The molecule has 0 saturated heterocycles. The SMILES string of the molecule is Cc1nn(C(C)(C)C)c(OC(=O)c2ccc(Cl)cc2)c1Sc1ccccc1[N+](=O)[O-]. The van der Waals surface area contributed by atoms with Crippen LogP contribution in [-0.4, -0.2) is 20.7 Å². The Balaban J connectivity index is 2.06. The van der Waals surface area contributed by atoms with Gasteiger partial charge in [-0.05, 0) is 58.0 Å². The van der Waals surface area contributed by atoms with Crippen LogP contribution in [0.15, 0.2) is 58.3 Å². The average Bonchev–Trinajstić information content (AvgIpc) is 2.98. The van der Waals surface area contributed by atoms with E-state index in [9.17, 15) is 14.9 Å². The minimum atomic E-state index is -0.568. The molecule has 0 N–H and O–H groups in total. The number of nitrogens with zero attached hydrogens (tertiary/aromatic N) is 3. The number of esters is 1. The molecule has 2 aromatic carbocycles. The number of nitro benzene ring substituents is 1. The van der Waals surface area contributed by atoms with Crippen molar-refractivity contribution in [1.29, 1.82) is 0 Å². The molecule has 156 valence electrons. The fourth-order valence-corrected chi connectivity index (χ4v) is 3.83. The third-order valence-electron chi connectivity index (χ3n) is 4.14. The molecule has 1 heterocycles. The molecule has 0 spiro atoms. The van der Waals surface area contributed by atoms with E-state index in [1.54, 1.807) is 54.1 Å². The van der Waals surface area contributed by atoms with E-state index in [2.05, 4.69) is 5.10 Å². The van der Waals surface area contributed by atoms with Gasteiger partial charge in [-0.25, -0.2) is 9.48 Å². The number of carbonyl (C=O) groups excluding carboxylic acids is 1. The Labute approximate surface area is 183 Å². The first-order valence-corrected chi connectivity index (χ1v) is 10.3. The summed E-state index contributed by atoms with van der Waals surface area (Å²) >= 11 is 7.05. The first kappa shape index (κ1) is 21.9. The number of hydrogen-bond acceptors (Lipinski definition) is 6. The molecule has 3 aromatic rings. The number of hydrogen-bond donors (Lipinski definition) is 0. The van der Waals surface area contributed by atoms with Gasteiger partial charge in [-0.1, -0.05) is 35.5 Å². The van der Waals surface area contributed by atoms with Gasteiger partial charge < -0.3 is 4.74 Å². The van der Waals surface area contributed by atoms with E-state index in [0.29, 0.717) is 26.1 Å². The maximum Gasteiger partial charge on any atom is 0.344 e. The van der Waals surface area contributed by atoms with Crippen molar-refractivity contribution in [1.82, 2.24) is 9.78 Å². The molecule has 0 atom stereocenters. The molecule has 0 saturated carbocycles. The predicted octanol–water partition coefficient (Wildman–Crippen LogP) is 5.88. The molecular formula is C21H20ClN3O4S. The Morgan fingerprint density at radius 2 is 1.80 bits per heavy atom. The summed E-state index contributed by atoms with van der Waals surface area (Å²) in [5, 5.41) is 16.5. The van der Waals surface area contributed by atoms with Crippen LogP contribution in [0, 0.1) is 17.0 Å². The number of nitro groups is 1. The highest BCUT2D eigenvalue weighted by molar-refractivity contribution is 7.99. The average molecular weight is 446 g/mol. The zero-order chi connectivity index (χ0) is 22.1. The summed E-state index contributed by atoms with van der Waals surface area (Å²) in [6.45, 7) is 7.56. The van der Waals surface area contributed by atoms with Crippen molar-refractivity contribution in [2.45, 2.75) is 43.0 Å². The Morgan fingerprint density at radius 1 is 1.17 bits per heavy atom. The largest absolute Gasteiger partial charge is 0.403 e. The predicted molar refractivity (Wildman–Crippen MR) is 116 cm³/mol. The van der Waals surface area contributed by atoms with Crippen molar-refractivity contribution in [3.63, 3.8) is 0 Å². The zero-order valence-corrected chi connectivity index (χ0v) is 18.5. The van der Waals surface area contributed by atoms with Gasteiger partial charge in [0.25, 0.3) is 5.69 Å². The fourth-order valence-electron chi connectivity index (χ4n) is 2.69. The number of rotatable bonds is 5. The second-order valence-corrected chi connectivity index (χ2v) is 9.01. The van der Waals surface area contributed by atoms with Crippen molar-refractivity contribution < 1.29 is 14.5 Å². The highest BCUT2D eigenvalue weighted by Crippen LogP contribution is 2.43. The third kappa shape index (κ3) is 4.66. The van der Waals surface area contributed by atoms with Crippen LogP contribution in [0.1, 0.15) is 36.8 Å². The Morgan fingerprint density at radius 3 is 2.40 bits per heavy atom. The summed E-state index contributed by atoms with van der Waals surface area (Å²) < 4.78 is 7.37. The smallest absolute Gasteiger partial charge is 0.344 e. The zero-order valence-electron chi connectivity index (χ0n) is 16.9. The summed E-state index contributed by atoms with van der Waals surface area (Å²) in [7, 11) is 0. The van der Waals surface area contributed by atoms with Gasteiger partial charge in [0.1, 0.15) is 0 Å². The van der Waals surface area contributed by atoms with Crippen molar-refractivity contribution in [3.05, 3.63) is 74.9 Å². The molecule has 0 unspecified atom stereocenters.